The van der Waals surface area contributed by atoms with Gasteiger partial charge in [-0.2, -0.15) is 0 Å². The van der Waals surface area contributed by atoms with Crippen LogP contribution in [0.25, 0.3) is 10.2 Å². The van der Waals surface area contributed by atoms with Crippen molar-refractivity contribution in [1.29, 1.82) is 0 Å². The Morgan fingerprint density at radius 1 is 1.26 bits per heavy atom. The van der Waals surface area contributed by atoms with Crippen LogP contribution < -0.4 is 14.8 Å². The Morgan fingerprint density at radius 2 is 2.00 bits per heavy atom. The van der Waals surface area contributed by atoms with Crippen LogP contribution in [0.5, 0.6) is 11.5 Å². The van der Waals surface area contributed by atoms with E-state index < -0.39 is 0 Å². The van der Waals surface area contributed by atoms with E-state index in [0.29, 0.717) is 35.4 Å². The Balaban J connectivity index is 1.48. The van der Waals surface area contributed by atoms with E-state index in [4.69, 9.17) is 21.1 Å². The first kappa shape index (κ1) is 18.3. The molecule has 1 aliphatic heterocycles. The number of fused-ring (bicyclic) bond motifs is 2. The van der Waals surface area contributed by atoms with Crippen molar-refractivity contribution in [1.82, 2.24) is 9.97 Å². The van der Waals surface area contributed by atoms with Crippen LogP contribution in [-0.2, 0) is 4.79 Å². The maximum Gasteiger partial charge on any atom is 0.234 e. The zero-order valence-electron chi connectivity index (χ0n) is 14.7. The molecule has 4 rings (SSSR count). The number of carbonyl (C=O) groups is 1. The molecular weight excluding hydrogens is 406 g/mol. The van der Waals surface area contributed by atoms with Crippen molar-refractivity contribution in [3.8, 4) is 11.5 Å². The van der Waals surface area contributed by atoms with Crippen molar-refractivity contribution in [2.75, 3.05) is 24.3 Å². The van der Waals surface area contributed by atoms with Crippen LogP contribution in [0.1, 0.15) is 10.4 Å². The second-order valence-electron chi connectivity index (χ2n) is 5.95. The summed E-state index contributed by atoms with van der Waals surface area (Å²) in [5.74, 6) is 1.21. The lowest BCUT2D eigenvalue weighted by molar-refractivity contribution is -0.113. The third-order valence-electron chi connectivity index (χ3n) is 4.18. The van der Waals surface area contributed by atoms with Crippen LogP contribution in [0.3, 0.4) is 0 Å². The number of aryl methyl sites for hydroxylation is 2. The van der Waals surface area contributed by atoms with Gasteiger partial charge in [-0.15, -0.1) is 11.3 Å². The van der Waals surface area contributed by atoms with Crippen molar-refractivity contribution in [3.63, 3.8) is 0 Å². The molecule has 0 spiro atoms. The van der Waals surface area contributed by atoms with Crippen molar-refractivity contribution in [3.05, 3.63) is 33.9 Å². The number of hydrogen-bond donors (Lipinski definition) is 1. The largest absolute Gasteiger partial charge is 0.486 e. The highest BCUT2D eigenvalue weighted by Gasteiger charge is 2.17. The number of ether oxygens (including phenoxy) is 2. The second kappa shape index (κ2) is 7.53. The van der Waals surface area contributed by atoms with E-state index in [1.807, 2.05) is 0 Å². The lowest BCUT2D eigenvalue weighted by atomic mass is 10.2. The molecule has 0 atom stereocenters. The van der Waals surface area contributed by atoms with E-state index in [1.54, 1.807) is 23.5 Å². The Bertz CT molecular complexity index is 1040. The maximum atomic E-state index is 12.4. The molecule has 0 bridgehead atoms. The molecule has 3 heterocycles. The van der Waals surface area contributed by atoms with E-state index in [0.717, 1.165) is 20.8 Å². The molecule has 0 aliphatic carbocycles. The third-order valence-corrected chi connectivity index (χ3v) is 6.59. The van der Waals surface area contributed by atoms with Crippen molar-refractivity contribution >= 4 is 56.5 Å². The molecule has 0 unspecified atom stereocenters. The Morgan fingerprint density at radius 3 is 2.78 bits per heavy atom. The molecule has 1 N–H and O–H groups in total. The van der Waals surface area contributed by atoms with Crippen molar-refractivity contribution < 1.29 is 14.3 Å². The van der Waals surface area contributed by atoms with Crippen LogP contribution in [0.2, 0.25) is 5.02 Å². The van der Waals surface area contributed by atoms with Gasteiger partial charge in [-0.1, -0.05) is 23.4 Å². The molecule has 27 heavy (non-hydrogen) atoms. The summed E-state index contributed by atoms with van der Waals surface area (Å²) in [6, 6.07) is 3.35. The Hall–Kier alpha value is -2.03. The first-order valence-corrected chi connectivity index (χ1v) is 10.4. The number of aromatic nitrogens is 2. The highest BCUT2D eigenvalue weighted by atomic mass is 35.5. The van der Waals surface area contributed by atoms with E-state index in [2.05, 4.69) is 29.1 Å². The zero-order valence-corrected chi connectivity index (χ0v) is 17.1. The average Bonchev–Trinajstić information content (AvgIpc) is 2.95. The number of hydrogen-bond acceptors (Lipinski definition) is 7. The van der Waals surface area contributed by atoms with Gasteiger partial charge in [-0.3, -0.25) is 4.79 Å². The first-order valence-electron chi connectivity index (χ1n) is 8.25. The summed E-state index contributed by atoms with van der Waals surface area (Å²) in [6.07, 6.45) is 1.54. The molecule has 2 aromatic heterocycles. The summed E-state index contributed by atoms with van der Waals surface area (Å²) in [4.78, 5) is 23.3. The van der Waals surface area contributed by atoms with Gasteiger partial charge < -0.3 is 14.8 Å². The van der Waals surface area contributed by atoms with Crippen LogP contribution in [0.15, 0.2) is 23.5 Å². The average molecular weight is 422 g/mol. The van der Waals surface area contributed by atoms with E-state index in [-0.39, 0.29) is 11.7 Å². The predicted octanol–water partition coefficient (Wildman–Crippen LogP) is 4.46. The molecule has 1 aliphatic rings. The van der Waals surface area contributed by atoms with Crippen molar-refractivity contribution in [2.45, 2.75) is 18.9 Å². The van der Waals surface area contributed by atoms with Gasteiger partial charge in [0.15, 0.2) is 11.5 Å². The lowest BCUT2D eigenvalue weighted by Gasteiger charge is -2.20. The number of anilines is 1. The number of halogens is 1. The summed E-state index contributed by atoms with van der Waals surface area (Å²) in [5, 5.41) is 5.07. The minimum Gasteiger partial charge on any atom is -0.486 e. The number of nitrogens with zero attached hydrogens (tertiary/aromatic N) is 2. The highest BCUT2D eigenvalue weighted by Crippen LogP contribution is 2.38. The standard InChI is InChI=1S/C18H16ClN3O3S2/c1-9-10(2)27-18-16(9)17(20-8-21-18)26-7-15(23)22-12-6-14-13(5-11(12)19)24-3-4-25-14/h5-6,8H,3-4,7H2,1-2H3,(H,22,23). The van der Waals surface area contributed by atoms with Gasteiger partial charge in [0.2, 0.25) is 5.91 Å². The van der Waals surface area contributed by atoms with Gasteiger partial charge in [0.05, 0.1) is 16.5 Å². The molecule has 0 radical (unpaired) electrons. The minimum atomic E-state index is -0.171. The van der Waals surface area contributed by atoms with Crippen molar-refractivity contribution in [2.24, 2.45) is 0 Å². The fraction of sp³-hybridized carbons (Fsp3) is 0.278. The lowest BCUT2D eigenvalue weighted by Crippen LogP contribution is -2.17. The summed E-state index contributed by atoms with van der Waals surface area (Å²) in [6.45, 7) is 5.07. The fourth-order valence-corrected chi connectivity index (χ4v) is 4.86. The Kier molecular flexibility index (Phi) is 5.12. The molecular formula is C18H16ClN3O3S2. The van der Waals surface area contributed by atoms with E-state index >= 15 is 0 Å². The molecule has 1 amide bonds. The number of amides is 1. The SMILES string of the molecule is Cc1sc2ncnc(SCC(=O)Nc3cc4c(cc3Cl)OCCO4)c2c1C. The van der Waals surface area contributed by atoms with Gasteiger partial charge in [-0.05, 0) is 19.4 Å². The highest BCUT2D eigenvalue weighted by molar-refractivity contribution is 8.00. The summed E-state index contributed by atoms with van der Waals surface area (Å²) < 4.78 is 11.0. The molecule has 0 saturated carbocycles. The van der Waals surface area contributed by atoms with Crippen LogP contribution in [0, 0.1) is 13.8 Å². The normalized spacial score (nSPS) is 13.0. The molecule has 6 nitrogen and oxygen atoms in total. The summed E-state index contributed by atoms with van der Waals surface area (Å²) >= 11 is 9.27. The quantitative estimate of drug-likeness (QED) is 0.495. The van der Waals surface area contributed by atoms with Crippen LogP contribution >= 0.6 is 34.7 Å². The molecule has 0 fully saturated rings. The van der Waals surface area contributed by atoms with Gasteiger partial charge in [0, 0.05) is 22.4 Å². The molecule has 3 aromatic rings. The second-order valence-corrected chi connectivity index (χ2v) is 8.53. The third kappa shape index (κ3) is 3.69. The monoisotopic (exact) mass is 421 g/mol. The number of benzene rings is 1. The molecule has 0 saturated heterocycles. The topological polar surface area (TPSA) is 73.3 Å². The number of rotatable bonds is 4. The minimum absolute atomic E-state index is 0.171. The van der Waals surface area contributed by atoms with Gasteiger partial charge in [0.25, 0.3) is 0 Å². The number of nitrogens with one attached hydrogen (secondary N) is 1. The van der Waals surface area contributed by atoms with Crippen LogP contribution in [-0.4, -0.2) is 34.8 Å². The number of thiophene rings is 1. The molecule has 9 heteroatoms. The Labute approximate surface area is 169 Å². The predicted molar refractivity (Wildman–Crippen MR) is 109 cm³/mol. The van der Waals surface area contributed by atoms with Gasteiger partial charge in [0.1, 0.15) is 29.4 Å². The number of thioether (sulfide) groups is 1. The molecule has 140 valence electrons. The molecule has 1 aromatic carbocycles. The van der Waals surface area contributed by atoms with E-state index in [9.17, 15) is 4.79 Å². The maximum absolute atomic E-state index is 12.4. The first-order chi connectivity index (χ1) is 13.0. The zero-order chi connectivity index (χ0) is 19.0. The van der Waals surface area contributed by atoms with Gasteiger partial charge in [-0.25, -0.2) is 9.97 Å². The van der Waals surface area contributed by atoms with Crippen LogP contribution in [0.4, 0.5) is 5.69 Å². The summed E-state index contributed by atoms with van der Waals surface area (Å²) in [5.41, 5.74) is 1.66. The smallest absolute Gasteiger partial charge is 0.234 e. The fourth-order valence-electron chi connectivity index (χ4n) is 2.74. The van der Waals surface area contributed by atoms with E-state index in [1.165, 1.54) is 23.0 Å². The summed E-state index contributed by atoms with van der Waals surface area (Å²) in [7, 11) is 0. The number of carbonyl (C=O) groups excluding carboxylic acids is 1. The van der Waals surface area contributed by atoms with Gasteiger partial charge >= 0.3 is 0 Å².